The zero-order chi connectivity index (χ0) is 23.9. The van der Waals surface area contributed by atoms with Crippen LogP contribution in [-0.2, 0) is 20.8 Å². The van der Waals surface area contributed by atoms with Crippen LogP contribution >= 0.6 is 0 Å². The number of carbonyl (C=O) groups excluding carboxylic acids is 2. The molecule has 0 saturated heterocycles. The molecule has 6 nitrogen and oxygen atoms in total. The van der Waals surface area contributed by atoms with E-state index in [4.69, 9.17) is 4.84 Å². The number of hydroxylamine groups is 2. The summed E-state index contributed by atoms with van der Waals surface area (Å²) < 4.78 is 0. The van der Waals surface area contributed by atoms with E-state index >= 15 is 0 Å². The van der Waals surface area contributed by atoms with E-state index in [-0.39, 0.29) is 23.3 Å². The minimum atomic E-state index is -0.809. The molecule has 1 aromatic rings. The lowest BCUT2D eigenvalue weighted by Gasteiger charge is -2.39. The van der Waals surface area contributed by atoms with Gasteiger partial charge in [0.1, 0.15) is 0 Å². The maximum atomic E-state index is 13.0. The highest BCUT2D eigenvalue weighted by molar-refractivity contribution is 5.79. The molecule has 1 saturated carbocycles. The highest BCUT2D eigenvalue weighted by Crippen LogP contribution is 2.35. The quantitative estimate of drug-likeness (QED) is 0.439. The molecule has 1 aliphatic rings. The first-order chi connectivity index (χ1) is 14.9. The van der Waals surface area contributed by atoms with Gasteiger partial charge in [0, 0.05) is 11.5 Å². The van der Waals surface area contributed by atoms with E-state index in [1.807, 2.05) is 71.9 Å². The normalized spacial score (nSPS) is 21.5. The molecule has 1 fully saturated rings. The van der Waals surface area contributed by atoms with Crippen LogP contribution in [-0.4, -0.2) is 45.8 Å². The van der Waals surface area contributed by atoms with E-state index in [1.54, 1.807) is 0 Å². The Balaban J connectivity index is 2.21. The SMILES string of the molecule is CC(C)(C)NC(=O)C1CCCCC1CC(O)C(Cc1ccccc1)N(C=O)OC(C)(C)C. The second-order valence-electron chi connectivity index (χ2n) is 11.1. The molecule has 1 aromatic carbocycles. The molecule has 180 valence electrons. The van der Waals surface area contributed by atoms with Crippen molar-refractivity contribution in [1.82, 2.24) is 10.4 Å². The Morgan fingerprint density at radius 2 is 1.78 bits per heavy atom. The lowest BCUT2D eigenvalue weighted by atomic mass is 9.74. The largest absolute Gasteiger partial charge is 0.391 e. The number of benzene rings is 1. The molecular weight excluding hydrogens is 404 g/mol. The monoisotopic (exact) mass is 446 g/mol. The topological polar surface area (TPSA) is 78.9 Å². The van der Waals surface area contributed by atoms with Crippen LogP contribution in [0.5, 0.6) is 0 Å². The number of aliphatic hydroxyl groups is 1. The Bertz CT molecular complexity index is 724. The highest BCUT2D eigenvalue weighted by atomic mass is 16.7. The number of amides is 2. The molecule has 4 atom stereocenters. The van der Waals surface area contributed by atoms with E-state index in [0.29, 0.717) is 19.3 Å². The van der Waals surface area contributed by atoms with Gasteiger partial charge in [-0.2, -0.15) is 0 Å². The molecule has 6 heteroatoms. The van der Waals surface area contributed by atoms with Crippen molar-refractivity contribution < 1.29 is 19.5 Å². The Hall–Kier alpha value is -1.92. The van der Waals surface area contributed by atoms with Crippen molar-refractivity contribution in [3.05, 3.63) is 35.9 Å². The second-order valence-corrected chi connectivity index (χ2v) is 11.1. The summed E-state index contributed by atoms with van der Waals surface area (Å²) in [5, 5.41) is 15.7. The van der Waals surface area contributed by atoms with Crippen LogP contribution in [0.1, 0.15) is 79.2 Å². The van der Waals surface area contributed by atoms with Gasteiger partial charge < -0.3 is 10.4 Å². The van der Waals surface area contributed by atoms with Crippen molar-refractivity contribution >= 4 is 12.3 Å². The number of nitrogens with zero attached hydrogens (tertiary/aromatic N) is 1. The van der Waals surface area contributed by atoms with E-state index in [0.717, 1.165) is 31.2 Å². The molecule has 2 rings (SSSR count). The first-order valence-corrected chi connectivity index (χ1v) is 11.9. The van der Waals surface area contributed by atoms with Crippen LogP contribution in [0.15, 0.2) is 30.3 Å². The zero-order valence-electron chi connectivity index (χ0n) is 20.6. The molecule has 0 bridgehead atoms. The molecule has 4 unspecified atom stereocenters. The first-order valence-electron chi connectivity index (χ1n) is 11.9. The van der Waals surface area contributed by atoms with Gasteiger partial charge >= 0.3 is 0 Å². The number of carbonyl (C=O) groups is 2. The minimum absolute atomic E-state index is 0.0622. The van der Waals surface area contributed by atoms with Crippen LogP contribution in [0.2, 0.25) is 0 Å². The lowest BCUT2D eigenvalue weighted by Crippen LogP contribution is -2.50. The fourth-order valence-corrected chi connectivity index (χ4v) is 4.50. The molecule has 32 heavy (non-hydrogen) atoms. The van der Waals surface area contributed by atoms with E-state index in [1.165, 1.54) is 5.06 Å². The molecule has 2 N–H and O–H groups in total. The molecule has 1 aliphatic carbocycles. The molecule has 0 aromatic heterocycles. The van der Waals surface area contributed by atoms with Gasteiger partial charge in [0.2, 0.25) is 12.3 Å². The summed E-state index contributed by atoms with van der Waals surface area (Å²) in [7, 11) is 0. The van der Waals surface area contributed by atoms with Crippen molar-refractivity contribution in [3.63, 3.8) is 0 Å². The third kappa shape index (κ3) is 8.55. The van der Waals surface area contributed by atoms with Crippen molar-refractivity contribution in [2.45, 2.75) is 103 Å². The molecular formula is C26H42N2O4. The standard InChI is InChI=1S/C26H42N2O4/c1-25(2,3)27-24(31)21-15-11-10-14-20(21)17-23(30)22(16-19-12-8-7-9-13-19)28(18-29)32-26(4,5)6/h7-9,12-13,18,20-23,30H,10-11,14-17H2,1-6H3,(H,27,31). The second kappa shape index (κ2) is 11.3. The number of hydrogen-bond donors (Lipinski definition) is 2. The predicted octanol–water partition coefficient (Wildman–Crippen LogP) is 4.26. The number of rotatable bonds is 9. The summed E-state index contributed by atoms with van der Waals surface area (Å²) in [5.74, 6) is 0.0120. The molecule has 2 amide bonds. The van der Waals surface area contributed by atoms with Crippen molar-refractivity contribution in [2.75, 3.05) is 0 Å². The van der Waals surface area contributed by atoms with Gasteiger partial charge in [-0.1, -0.05) is 43.2 Å². The summed E-state index contributed by atoms with van der Waals surface area (Å²) in [6.45, 7) is 11.6. The van der Waals surface area contributed by atoms with Gasteiger partial charge in [-0.15, -0.1) is 0 Å². The molecule has 0 aliphatic heterocycles. The van der Waals surface area contributed by atoms with Crippen molar-refractivity contribution in [2.24, 2.45) is 11.8 Å². The van der Waals surface area contributed by atoms with E-state index < -0.39 is 17.7 Å². The van der Waals surface area contributed by atoms with Crippen LogP contribution in [0, 0.1) is 11.8 Å². The number of aliphatic hydroxyl groups excluding tert-OH is 1. The van der Waals surface area contributed by atoms with Crippen molar-refractivity contribution in [1.29, 1.82) is 0 Å². The summed E-state index contributed by atoms with van der Waals surface area (Å²) >= 11 is 0. The fourth-order valence-electron chi connectivity index (χ4n) is 4.50. The Kier molecular flexibility index (Phi) is 9.28. The van der Waals surface area contributed by atoms with Gasteiger partial charge in [-0.05, 0) is 78.7 Å². The third-order valence-corrected chi connectivity index (χ3v) is 5.83. The maximum Gasteiger partial charge on any atom is 0.233 e. The average Bonchev–Trinajstić information content (AvgIpc) is 2.69. The van der Waals surface area contributed by atoms with Crippen LogP contribution in [0.25, 0.3) is 0 Å². The summed E-state index contributed by atoms with van der Waals surface area (Å²) in [6, 6.07) is 9.27. The Labute approximate surface area is 193 Å². The van der Waals surface area contributed by atoms with Gasteiger partial charge in [0.25, 0.3) is 0 Å². The van der Waals surface area contributed by atoms with Crippen LogP contribution in [0.4, 0.5) is 0 Å². The van der Waals surface area contributed by atoms with Crippen molar-refractivity contribution in [3.8, 4) is 0 Å². The number of hydrogen-bond acceptors (Lipinski definition) is 4. The molecule has 0 spiro atoms. The van der Waals surface area contributed by atoms with Gasteiger partial charge in [0.15, 0.2) is 0 Å². The maximum absolute atomic E-state index is 13.0. The molecule has 0 radical (unpaired) electrons. The predicted molar refractivity (Wildman–Crippen MR) is 127 cm³/mol. The molecule has 0 heterocycles. The average molecular weight is 447 g/mol. The smallest absolute Gasteiger partial charge is 0.233 e. The van der Waals surface area contributed by atoms with Gasteiger partial charge in [-0.3, -0.25) is 14.4 Å². The van der Waals surface area contributed by atoms with E-state index in [9.17, 15) is 14.7 Å². The summed E-state index contributed by atoms with van der Waals surface area (Å²) in [6.07, 6.45) is 4.59. The van der Waals surface area contributed by atoms with Crippen LogP contribution < -0.4 is 5.32 Å². The van der Waals surface area contributed by atoms with Crippen LogP contribution in [0.3, 0.4) is 0 Å². The minimum Gasteiger partial charge on any atom is -0.391 e. The zero-order valence-corrected chi connectivity index (χ0v) is 20.6. The van der Waals surface area contributed by atoms with Gasteiger partial charge in [0.05, 0.1) is 17.7 Å². The lowest BCUT2D eigenvalue weighted by molar-refractivity contribution is -0.243. The third-order valence-electron chi connectivity index (χ3n) is 5.83. The van der Waals surface area contributed by atoms with Gasteiger partial charge in [-0.25, -0.2) is 5.06 Å². The Morgan fingerprint density at radius 3 is 2.34 bits per heavy atom. The summed E-state index contributed by atoms with van der Waals surface area (Å²) in [5.41, 5.74) is 0.157. The first kappa shape index (κ1) is 26.3. The van der Waals surface area contributed by atoms with E-state index in [2.05, 4.69) is 5.32 Å². The fraction of sp³-hybridized carbons (Fsp3) is 0.692. The number of nitrogens with one attached hydrogen (secondary N) is 1. The Morgan fingerprint density at radius 1 is 1.16 bits per heavy atom. The highest BCUT2D eigenvalue weighted by Gasteiger charge is 2.37. The summed E-state index contributed by atoms with van der Waals surface area (Å²) in [4.78, 5) is 30.8.